The number of halogens is 1. The van der Waals surface area contributed by atoms with Crippen molar-refractivity contribution in [3.63, 3.8) is 0 Å². The molecule has 0 saturated heterocycles. The molecular weight excluding hydrogens is 300 g/mol. The van der Waals surface area contributed by atoms with Crippen LogP contribution in [0.25, 0.3) is 0 Å². The number of hydrogen-bond acceptors (Lipinski definition) is 3. The molecule has 1 unspecified atom stereocenters. The molecule has 0 saturated carbocycles. The smallest absolute Gasteiger partial charge is 0.287 e. The average Bonchev–Trinajstić information content (AvgIpc) is 3.06. The molecule has 0 bridgehead atoms. The molecule has 1 aromatic heterocycles. The molecule has 1 heterocycles. The van der Waals surface area contributed by atoms with Crippen LogP contribution in [0.1, 0.15) is 36.0 Å². The van der Waals surface area contributed by atoms with Gasteiger partial charge >= 0.3 is 0 Å². The lowest BCUT2D eigenvalue weighted by Crippen LogP contribution is -2.38. The van der Waals surface area contributed by atoms with Crippen molar-refractivity contribution in [1.82, 2.24) is 10.2 Å². The number of rotatable bonds is 7. The van der Waals surface area contributed by atoms with Crippen LogP contribution < -0.4 is 5.32 Å². The number of nitrogens with one attached hydrogen (secondary N) is 1. The second kappa shape index (κ2) is 8.01. The lowest BCUT2D eigenvalue weighted by Gasteiger charge is -2.30. The Hall–Kier alpha value is -1.78. The molecule has 5 heteroatoms. The van der Waals surface area contributed by atoms with Gasteiger partial charge in [0.15, 0.2) is 5.76 Å². The fourth-order valence-corrected chi connectivity index (χ4v) is 2.79. The molecule has 2 rings (SSSR count). The van der Waals surface area contributed by atoms with E-state index in [0.717, 1.165) is 18.7 Å². The van der Waals surface area contributed by atoms with E-state index in [-0.39, 0.29) is 11.9 Å². The fourth-order valence-electron chi connectivity index (χ4n) is 2.53. The Morgan fingerprint density at radius 1 is 1.23 bits per heavy atom. The van der Waals surface area contributed by atoms with Gasteiger partial charge < -0.3 is 9.73 Å². The Balaban J connectivity index is 2.15. The van der Waals surface area contributed by atoms with Gasteiger partial charge in [-0.3, -0.25) is 9.69 Å². The average molecular weight is 321 g/mol. The highest BCUT2D eigenvalue weighted by atomic mass is 35.5. The Kier molecular flexibility index (Phi) is 6.04. The van der Waals surface area contributed by atoms with Crippen molar-refractivity contribution in [2.75, 3.05) is 19.6 Å². The highest BCUT2D eigenvalue weighted by Crippen LogP contribution is 2.27. The van der Waals surface area contributed by atoms with Crippen molar-refractivity contribution in [2.24, 2.45) is 0 Å². The van der Waals surface area contributed by atoms with Gasteiger partial charge in [0.1, 0.15) is 0 Å². The SMILES string of the molecule is CCN(CC)C(CNC(=O)c1ccco1)c1ccccc1Cl. The number of amides is 1. The van der Waals surface area contributed by atoms with E-state index in [1.807, 2.05) is 24.3 Å². The Bertz CT molecular complexity index is 594. The number of benzene rings is 1. The molecule has 0 fully saturated rings. The molecule has 1 atom stereocenters. The van der Waals surface area contributed by atoms with E-state index in [1.54, 1.807) is 12.1 Å². The number of nitrogens with zero attached hydrogens (tertiary/aromatic N) is 1. The summed E-state index contributed by atoms with van der Waals surface area (Å²) in [6.07, 6.45) is 1.49. The van der Waals surface area contributed by atoms with Crippen molar-refractivity contribution in [1.29, 1.82) is 0 Å². The molecule has 0 aliphatic heterocycles. The summed E-state index contributed by atoms with van der Waals surface area (Å²) < 4.78 is 5.12. The molecule has 118 valence electrons. The van der Waals surface area contributed by atoms with Crippen molar-refractivity contribution < 1.29 is 9.21 Å². The van der Waals surface area contributed by atoms with Crippen LogP contribution in [0.4, 0.5) is 0 Å². The predicted octanol–water partition coefficient (Wildman–Crippen LogP) is 3.75. The van der Waals surface area contributed by atoms with Crippen LogP contribution in [0.5, 0.6) is 0 Å². The minimum absolute atomic E-state index is 0.0302. The Morgan fingerprint density at radius 3 is 2.55 bits per heavy atom. The molecule has 4 nitrogen and oxygen atoms in total. The highest BCUT2D eigenvalue weighted by Gasteiger charge is 2.21. The zero-order valence-electron chi connectivity index (χ0n) is 12.9. The summed E-state index contributed by atoms with van der Waals surface area (Å²) in [7, 11) is 0. The van der Waals surface area contributed by atoms with E-state index >= 15 is 0 Å². The fraction of sp³-hybridized carbons (Fsp3) is 0.353. The molecule has 0 aliphatic rings. The van der Waals surface area contributed by atoms with Gasteiger partial charge in [-0.15, -0.1) is 0 Å². The number of likely N-dealkylation sites (N-methyl/N-ethyl adjacent to an activating group) is 1. The number of furan rings is 1. The molecular formula is C17H21ClN2O2. The van der Waals surface area contributed by atoms with Crippen LogP contribution in [0.2, 0.25) is 5.02 Å². The van der Waals surface area contributed by atoms with E-state index in [2.05, 4.69) is 24.1 Å². The molecule has 1 aromatic carbocycles. The zero-order chi connectivity index (χ0) is 15.9. The van der Waals surface area contributed by atoms with Gasteiger partial charge in [-0.05, 0) is 36.9 Å². The van der Waals surface area contributed by atoms with E-state index in [1.165, 1.54) is 6.26 Å². The quantitative estimate of drug-likeness (QED) is 0.845. The molecule has 0 radical (unpaired) electrons. The van der Waals surface area contributed by atoms with Crippen LogP contribution in [-0.2, 0) is 0 Å². The zero-order valence-corrected chi connectivity index (χ0v) is 13.6. The van der Waals surface area contributed by atoms with E-state index in [0.29, 0.717) is 17.3 Å². The third kappa shape index (κ3) is 3.90. The lowest BCUT2D eigenvalue weighted by molar-refractivity contribution is 0.0907. The summed E-state index contributed by atoms with van der Waals surface area (Å²) in [4.78, 5) is 14.3. The lowest BCUT2D eigenvalue weighted by atomic mass is 10.0. The topological polar surface area (TPSA) is 45.5 Å². The van der Waals surface area contributed by atoms with Crippen molar-refractivity contribution in [3.05, 3.63) is 59.0 Å². The molecule has 0 spiro atoms. The minimum atomic E-state index is -0.214. The minimum Gasteiger partial charge on any atom is -0.459 e. The summed E-state index contributed by atoms with van der Waals surface area (Å²) in [5.74, 6) is 0.103. The van der Waals surface area contributed by atoms with Crippen LogP contribution in [0, 0.1) is 0 Å². The summed E-state index contributed by atoms with van der Waals surface area (Å²) in [6.45, 7) is 6.43. The maximum Gasteiger partial charge on any atom is 0.287 e. The maximum absolute atomic E-state index is 12.1. The summed E-state index contributed by atoms with van der Waals surface area (Å²) in [5.41, 5.74) is 1.02. The summed E-state index contributed by atoms with van der Waals surface area (Å²) in [6, 6.07) is 11.1. The highest BCUT2D eigenvalue weighted by molar-refractivity contribution is 6.31. The van der Waals surface area contributed by atoms with Gasteiger partial charge in [0, 0.05) is 11.6 Å². The van der Waals surface area contributed by atoms with E-state index < -0.39 is 0 Å². The second-order valence-corrected chi connectivity index (χ2v) is 5.35. The number of hydrogen-bond donors (Lipinski definition) is 1. The van der Waals surface area contributed by atoms with Gasteiger partial charge in [0.2, 0.25) is 0 Å². The van der Waals surface area contributed by atoms with Gasteiger partial charge in [0.05, 0.1) is 12.3 Å². The first-order valence-corrected chi connectivity index (χ1v) is 7.85. The summed E-state index contributed by atoms with van der Waals surface area (Å²) >= 11 is 6.33. The normalized spacial score (nSPS) is 12.4. The van der Waals surface area contributed by atoms with Gasteiger partial charge in [-0.1, -0.05) is 43.6 Å². The molecule has 2 aromatic rings. The molecule has 0 aliphatic carbocycles. The number of carbonyl (C=O) groups excluding carboxylic acids is 1. The van der Waals surface area contributed by atoms with Crippen LogP contribution in [0.3, 0.4) is 0 Å². The number of carbonyl (C=O) groups is 1. The molecule has 1 N–H and O–H groups in total. The van der Waals surface area contributed by atoms with E-state index in [4.69, 9.17) is 16.0 Å². The molecule has 1 amide bonds. The third-order valence-corrected chi connectivity index (χ3v) is 4.06. The van der Waals surface area contributed by atoms with Crippen LogP contribution >= 0.6 is 11.6 Å². The monoisotopic (exact) mass is 320 g/mol. The first kappa shape index (κ1) is 16.6. The second-order valence-electron chi connectivity index (χ2n) is 4.95. The Morgan fingerprint density at radius 2 is 1.95 bits per heavy atom. The predicted molar refractivity (Wildman–Crippen MR) is 88.2 cm³/mol. The van der Waals surface area contributed by atoms with Crippen LogP contribution in [0.15, 0.2) is 47.1 Å². The largest absolute Gasteiger partial charge is 0.459 e. The van der Waals surface area contributed by atoms with Gasteiger partial charge in [-0.25, -0.2) is 0 Å². The first-order valence-electron chi connectivity index (χ1n) is 7.47. The molecule has 22 heavy (non-hydrogen) atoms. The van der Waals surface area contributed by atoms with Crippen molar-refractivity contribution in [3.8, 4) is 0 Å². The van der Waals surface area contributed by atoms with Crippen LogP contribution in [-0.4, -0.2) is 30.4 Å². The van der Waals surface area contributed by atoms with Crippen molar-refractivity contribution in [2.45, 2.75) is 19.9 Å². The standard InChI is InChI=1S/C17H21ClN2O2/c1-3-20(4-2)15(13-8-5-6-9-14(13)18)12-19-17(21)16-10-7-11-22-16/h5-11,15H,3-4,12H2,1-2H3,(H,19,21). The Labute approximate surface area is 136 Å². The summed E-state index contributed by atoms with van der Waals surface area (Å²) in [5, 5.41) is 3.64. The van der Waals surface area contributed by atoms with Gasteiger partial charge in [-0.2, -0.15) is 0 Å². The third-order valence-electron chi connectivity index (χ3n) is 3.72. The maximum atomic E-state index is 12.1. The van der Waals surface area contributed by atoms with Gasteiger partial charge in [0.25, 0.3) is 5.91 Å². The van der Waals surface area contributed by atoms with Crippen molar-refractivity contribution >= 4 is 17.5 Å². The first-order chi connectivity index (χ1) is 10.7. The van der Waals surface area contributed by atoms with E-state index in [9.17, 15) is 4.79 Å².